The molecule has 0 bridgehead atoms. The maximum atomic E-state index is 6.13. The summed E-state index contributed by atoms with van der Waals surface area (Å²) in [7, 11) is 2.28. The number of likely N-dealkylation sites (N-methyl/N-ethyl adjacent to an activating group) is 1. The molecule has 1 aliphatic carbocycles. The third-order valence-electron chi connectivity index (χ3n) is 5.18. The SMILES string of the molecule is CCC1CC(CN)(N(C)CC2CCCC2)CCO1. The second-order valence-corrected chi connectivity index (χ2v) is 6.31. The molecular weight excluding hydrogens is 224 g/mol. The van der Waals surface area contributed by atoms with Crippen LogP contribution in [0.1, 0.15) is 51.9 Å². The molecule has 0 aromatic rings. The Balaban J connectivity index is 1.96. The van der Waals surface area contributed by atoms with Crippen LogP contribution in [-0.2, 0) is 4.74 Å². The van der Waals surface area contributed by atoms with Gasteiger partial charge in [0.1, 0.15) is 0 Å². The van der Waals surface area contributed by atoms with Gasteiger partial charge in [-0.3, -0.25) is 4.90 Å². The molecule has 0 aromatic carbocycles. The fourth-order valence-electron chi connectivity index (χ4n) is 3.72. The second kappa shape index (κ2) is 6.36. The summed E-state index contributed by atoms with van der Waals surface area (Å²) in [6, 6.07) is 0. The largest absolute Gasteiger partial charge is 0.378 e. The maximum Gasteiger partial charge on any atom is 0.0590 e. The normalized spacial score (nSPS) is 34.3. The number of ether oxygens (including phenoxy) is 1. The third kappa shape index (κ3) is 3.06. The van der Waals surface area contributed by atoms with Crippen molar-refractivity contribution in [2.45, 2.75) is 63.5 Å². The summed E-state index contributed by atoms with van der Waals surface area (Å²) in [5.74, 6) is 0.904. The highest BCUT2D eigenvalue weighted by molar-refractivity contribution is 4.95. The fraction of sp³-hybridized carbons (Fsp3) is 1.00. The van der Waals surface area contributed by atoms with Gasteiger partial charge in [-0.15, -0.1) is 0 Å². The van der Waals surface area contributed by atoms with Crippen molar-refractivity contribution in [1.82, 2.24) is 4.90 Å². The number of hydrogen-bond acceptors (Lipinski definition) is 3. The Morgan fingerprint density at radius 3 is 2.67 bits per heavy atom. The molecule has 2 N–H and O–H groups in total. The minimum absolute atomic E-state index is 0.196. The maximum absolute atomic E-state index is 6.13. The minimum Gasteiger partial charge on any atom is -0.378 e. The van der Waals surface area contributed by atoms with Crippen molar-refractivity contribution in [3.05, 3.63) is 0 Å². The van der Waals surface area contributed by atoms with Gasteiger partial charge in [-0.25, -0.2) is 0 Å². The fourth-order valence-corrected chi connectivity index (χ4v) is 3.72. The van der Waals surface area contributed by atoms with Gasteiger partial charge in [0.15, 0.2) is 0 Å². The van der Waals surface area contributed by atoms with Crippen LogP contribution in [0.4, 0.5) is 0 Å². The Labute approximate surface area is 112 Å². The molecule has 1 saturated carbocycles. The van der Waals surface area contributed by atoms with Crippen LogP contribution in [-0.4, -0.2) is 43.3 Å². The van der Waals surface area contributed by atoms with Crippen molar-refractivity contribution in [3.63, 3.8) is 0 Å². The van der Waals surface area contributed by atoms with Crippen LogP contribution in [0.15, 0.2) is 0 Å². The van der Waals surface area contributed by atoms with E-state index < -0.39 is 0 Å². The molecule has 2 atom stereocenters. The van der Waals surface area contributed by atoms with Crippen molar-refractivity contribution in [1.29, 1.82) is 0 Å². The highest BCUT2D eigenvalue weighted by atomic mass is 16.5. The topological polar surface area (TPSA) is 38.5 Å². The van der Waals surface area contributed by atoms with Gasteiger partial charge in [0.2, 0.25) is 0 Å². The zero-order valence-corrected chi connectivity index (χ0v) is 12.2. The molecule has 1 saturated heterocycles. The summed E-state index contributed by atoms with van der Waals surface area (Å²) >= 11 is 0. The number of nitrogens with two attached hydrogens (primary N) is 1. The van der Waals surface area contributed by atoms with E-state index in [1.807, 2.05) is 0 Å². The van der Waals surface area contributed by atoms with E-state index in [1.165, 1.54) is 32.2 Å². The van der Waals surface area contributed by atoms with Crippen LogP contribution in [0, 0.1) is 5.92 Å². The zero-order valence-electron chi connectivity index (χ0n) is 12.2. The van der Waals surface area contributed by atoms with Gasteiger partial charge in [0, 0.05) is 25.2 Å². The number of hydrogen-bond donors (Lipinski definition) is 1. The Bertz CT molecular complexity index is 253. The summed E-state index contributed by atoms with van der Waals surface area (Å²) in [6.07, 6.45) is 9.42. The smallest absolute Gasteiger partial charge is 0.0590 e. The Morgan fingerprint density at radius 2 is 2.06 bits per heavy atom. The molecule has 0 radical (unpaired) electrons. The molecule has 3 heteroatoms. The average Bonchev–Trinajstić information content (AvgIpc) is 2.91. The lowest BCUT2D eigenvalue weighted by atomic mass is 9.83. The first kappa shape index (κ1) is 14.3. The van der Waals surface area contributed by atoms with Crippen molar-refractivity contribution in [3.8, 4) is 0 Å². The minimum atomic E-state index is 0.196. The van der Waals surface area contributed by atoms with Crippen LogP contribution in [0.3, 0.4) is 0 Å². The van der Waals surface area contributed by atoms with E-state index in [0.29, 0.717) is 6.10 Å². The standard InChI is InChI=1S/C15H30N2O/c1-3-14-10-15(12-16,8-9-18-14)17(2)11-13-6-4-5-7-13/h13-14H,3-12,16H2,1-2H3. The molecule has 2 unspecified atom stereocenters. The Kier molecular flexibility index (Phi) is 5.05. The molecule has 0 amide bonds. The van der Waals surface area contributed by atoms with Gasteiger partial charge in [-0.1, -0.05) is 19.8 Å². The highest BCUT2D eigenvalue weighted by Crippen LogP contribution is 2.33. The van der Waals surface area contributed by atoms with Crippen molar-refractivity contribution in [2.75, 3.05) is 26.7 Å². The highest BCUT2D eigenvalue weighted by Gasteiger charge is 2.39. The van der Waals surface area contributed by atoms with E-state index in [2.05, 4.69) is 18.9 Å². The van der Waals surface area contributed by atoms with E-state index in [0.717, 1.165) is 38.3 Å². The first-order valence-electron chi connectivity index (χ1n) is 7.73. The number of nitrogens with zero attached hydrogens (tertiary/aromatic N) is 1. The quantitative estimate of drug-likeness (QED) is 0.819. The van der Waals surface area contributed by atoms with Gasteiger partial charge in [-0.2, -0.15) is 0 Å². The van der Waals surface area contributed by atoms with E-state index >= 15 is 0 Å². The van der Waals surface area contributed by atoms with Crippen molar-refractivity contribution in [2.24, 2.45) is 11.7 Å². The lowest BCUT2D eigenvalue weighted by molar-refractivity contribution is -0.0678. The van der Waals surface area contributed by atoms with Crippen LogP contribution in [0.5, 0.6) is 0 Å². The molecule has 0 spiro atoms. The van der Waals surface area contributed by atoms with E-state index in [1.54, 1.807) is 0 Å². The Morgan fingerprint density at radius 1 is 1.33 bits per heavy atom. The summed E-state index contributed by atoms with van der Waals surface area (Å²) in [4.78, 5) is 2.56. The van der Waals surface area contributed by atoms with Gasteiger partial charge in [0.25, 0.3) is 0 Å². The summed E-state index contributed by atoms with van der Waals surface area (Å²) < 4.78 is 5.82. The third-order valence-corrected chi connectivity index (χ3v) is 5.18. The predicted molar refractivity (Wildman–Crippen MR) is 75.6 cm³/mol. The summed E-state index contributed by atoms with van der Waals surface area (Å²) in [5.41, 5.74) is 6.33. The second-order valence-electron chi connectivity index (χ2n) is 6.31. The first-order chi connectivity index (χ1) is 8.70. The van der Waals surface area contributed by atoms with E-state index in [4.69, 9.17) is 10.5 Å². The van der Waals surface area contributed by atoms with Crippen molar-refractivity contribution >= 4 is 0 Å². The monoisotopic (exact) mass is 254 g/mol. The van der Waals surface area contributed by atoms with Crippen LogP contribution < -0.4 is 5.73 Å². The predicted octanol–water partition coefficient (Wildman–Crippen LogP) is 2.39. The average molecular weight is 254 g/mol. The molecule has 106 valence electrons. The van der Waals surface area contributed by atoms with Crippen LogP contribution in [0.2, 0.25) is 0 Å². The molecule has 2 fully saturated rings. The van der Waals surface area contributed by atoms with Gasteiger partial charge >= 0.3 is 0 Å². The Hall–Kier alpha value is -0.120. The molecule has 1 heterocycles. The molecule has 18 heavy (non-hydrogen) atoms. The molecule has 3 nitrogen and oxygen atoms in total. The van der Waals surface area contributed by atoms with Crippen LogP contribution >= 0.6 is 0 Å². The first-order valence-corrected chi connectivity index (χ1v) is 7.73. The van der Waals surface area contributed by atoms with Gasteiger partial charge in [-0.05, 0) is 45.1 Å². The molecule has 2 aliphatic rings. The van der Waals surface area contributed by atoms with E-state index in [-0.39, 0.29) is 5.54 Å². The summed E-state index contributed by atoms with van der Waals surface area (Å²) in [5, 5.41) is 0. The van der Waals surface area contributed by atoms with Crippen molar-refractivity contribution < 1.29 is 4.74 Å². The zero-order chi connectivity index (χ0) is 13.0. The molecule has 0 aromatic heterocycles. The van der Waals surface area contributed by atoms with E-state index in [9.17, 15) is 0 Å². The lowest BCUT2D eigenvalue weighted by Gasteiger charge is -2.47. The number of rotatable bonds is 5. The molecule has 2 rings (SSSR count). The van der Waals surface area contributed by atoms with Gasteiger partial charge < -0.3 is 10.5 Å². The van der Waals surface area contributed by atoms with Gasteiger partial charge in [0.05, 0.1) is 6.10 Å². The van der Waals surface area contributed by atoms with Crippen LogP contribution in [0.25, 0.3) is 0 Å². The molecular formula is C15H30N2O. The summed E-state index contributed by atoms with van der Waals surface area (Å²) in [6.45, 7) is 5.10. The lowest BCUT2D eigenvalue weighted by Crippen LogP contribution is -2.58. The molecule has 1 aliphatic heterocycles.